The molecular formula is C25H27N3O6. The van der Waals surface area contributed by atoms with E-state index in [2.05, 4.69) is 10.6 Å². The smallest absolute Gasteiger partial charge is 0.407 e. The average Bonchev–Trinajstić information content (AvgIpc) is 3.42. The minimum atomic E-state index is -0.957. The highest BCUT2D eigenvalue weighted by molar-refractivity contribution is 5.87. The molecule has 1 aliphatic carbocycles. The summed E-state index contributed by atoms with van der Waals surface area (Å²) in [5.74, 6) is -1.90. The molecule has 3 amide bonds. The van der Waals surface area contributed by atoms with Crippen LogP contribution in [0.1, 0.15) is 36.3 Å². The second kappa shape index (κ2) is 10.4. The Morgan fingerprint density at radius 2 is 1.59 bits per heavy atom. The maximum atomic E-state index is 12.3. The number of nitrogens with one attached hydrogen (secondary N) is 2. The zero-order chi connectivity index (χ0) is 24.1. The second-order valence-electron chi connectivity index (χ2n) is 8.44. The van der Waals surface area contributed by atoms with Crippen LogP contribution < -0.4 is 10.6 Å². The lowest BCUT2D eigenvalue weighted by Crippen LogP contribution is -2.45. The number of carboxylic acids is 1. The minimum absolute atomic E-state index is 0.0798. The van der Waals surface area contributed by atoms with Gasteiger partial charge in [0.1, 0.15) is 13.2 Å². The second-order valence-corrected chi connectivity index (χ2v) is 8.44. The number of hydrogen-bond donors (Lipinski definition) is 3. The number of alkyl carbamates (subject to hydrolysis) is 1. The van der Waals surface area contributed by atoms with E-state index in [1.165, 1.54) is 4.90 Å². The number of nitrogens with zero attached hydrogens (tertiary/aromatic N) is 1. The fourth-order valence-corrected chi connectivity index (χ4v) is 4.72. The maximum absolute atomic E-state index is 12.3. The first kappa shape index (κ1) is 23.3. The number of aliphatic carboxylic acids is 1. The molecule has 1 saturated heterocycles. The molecule has 0 saturated carbocycles. The number of amides is 3. The van der Waals surface area contributed by atoms with Crippen molar-refractivity contribution in [3.05, 3.63) is 59.7 Å². The van der Waals surface area contributed by atoms with E-state index in [4.69, 9.17) is 9.84 Å². The molecule has 0 radical (unpaired) electrons. The van der Waals surface area contributed by atoms with Crippen molar-refractivity contribution in [2.24, 2.45) is 0 Å². The van der Waals surface area contributed by atoms with Crippen molar-refractivity contribution in [1.82, 2.24) is 15.5 Å². The van der Waals surface area contributed by atoms with Crippen molar-refractivity contribution in [3.63, 3.8) is 0 Å². The molecule has 3 N–H and O–H groups in total. The van der Waals surface area contributed by atoms with Crippen molar-refractivity contribution < 1.29 is 29.0 Å². The van der Waals surface area contributed by atoms with Crippen molar-refractivity contribution in [3.8, 4) is 11.1 Å². The molecule has 178 valence electrons. The Labute approximate surface area is 197 Å². The first-order chi connectivity index (χ1) is 16.4. The third-order valence-corrected chi connectivity index (χ3v) is 6.28. The van der Waals surface area contributed by atoms with Gasteiger partial charge in [0.15, 0.2) is 0 Å². The first-order valence-corrected chi connectivity index (χ1v) is 11.3. The predicted molar refractivity (Wildman–Crippen MR) is 123 cm³/mol. The highest BCUT2D eigenvalue weighted by atomic mass is 16.5. The molecule has 2 aromatic carbocycles. The lowest BCUT2D eigenvalue weighted by Gasteiger charge is -2.23. The van der Waals surface area contributed by atoms with E-state index in [-0.39, 0.29) is 44.0 Å². The van der Waals surface area contributed by atoms with Gasteiger partial charge in [-0.15, -0.1) is 0 Å². The highest BCUT2D eigenvalue weighted by Gasteiger charge is 2.31. The third-order valence-electron chi connectivity index (χ3n) is 6.28. The average molecular weight is 466 g/mol. The summed E-state index contributed by atoms with van der Waals surface area (Å²) in [5, 5.41) is 13.8. The van der Waals surface area contributed by atoms with Gasteiger partial charge in [0.25, 0.3) is 0 Å². The van der Waals surface area contributed by atoms with Gasteiger partial charge in [-0.2, -0.15) is 0 Å². The fourth-order valence-electron chi connectivity index (χ4n) is 4.72. The molecule has 2 aliphatic rings. The van der Waals surface area contributed by atoms with Gasteiger partial charge in [-0.05, 0) is 35.1 Å². The molecule has 9 heteroatoms. The van der Waals surface area contributed by atoms with Gasteiger partial charge >= 0.3 is 12.1 Å². The Kier molecular flexibility index (Phi) is 7.10. The molecule has 1 aliphatic heterocycles. The third kappa shape index (κ3) is 5.19. The van der Waals surface area contributed by atoms with Gasteiger partial charge in [0.05, 0.1) is 13.0 Å². The van der Waals surface area contributed by atoms with Crippen LogP contribution in [0.15, 0.2) is 48.5 Å². The van der Waals surface area contributed by atoms with Gasteiger partial charge in [0, 0.05) is 18.5 Å². The van der Waals surface area contributed by atoms with Crippen LogP contribution in [0.3, 0.4) is 0 Å². The molecule has 1 atom stereocenters. The Morgan fingerprint density at radius 3 is 2.24 bits per heavy atom. The summed E-state index contributed by atoms with van der Waals surface area (Å²) < 4.78 is 5.39. The van der Waals surface area contributed by atoms with Crippen molar-refractivity contribution >= 4 is 23.9 Å². The topological polar surface area (TPSA) is 125 Å². The molecule has 1 heterocycles. The zero-order valence-electron chi connectivity index (χ0n) is 18.7. The number of ether oxygens (including phenoxy) is 1. The van der Waals surface area contributed by atoms with Crippen LogP contribution in [0.4, 0.5) is 4.79 Å². The van der Waals surface area contributed by atoms with Crippen LogP contribution in [-0.2, 0) is 19.1 Å². The summed E-state index contributed by atoms with van der Waals surface area (Å²) in [6.45, 7) is 0.0361. The van der Waals surface area contributed by atoms with E-state index in [0.29, 0.717) is 13.0 Å². The molecule has 0 bridgehead atoms. The lowest BCUT2D eigenvalue weighted by molar-refractivity contribution is -0.140. The Balaban J connectivity index is 1.22. The molecule has 34 heavy (non-hydrogen) atoms. The monoisotopic (exact) mass is 465 g/mol. The normalized spacial score (nSPS) is 16.5. The van der Waals surface area contributed by atoms with E-state index in [9.17, 15) is 19.2 Å². The first-order valence-electron chi connectivity index (χ1n) is 11.3. The lowest BCUT2D eigenvalue weighted by atomic mass is 9.98. The number of fused-ring (bicyclic) bond motifs is 3. The van der Waals surface area contributed by atoms with Gasteiger partial charge in [-0.1, -0.05) is 48.5 Å². The standard InChI is InChI=1S/C25H27N3O6/c29-22(26-14-23(30)28-11-5-6-16(28)12-24(31)32)13-27-25(33)34-15-21-19-9-3-1-7-17(19)18-8-2-4-10-20(18)21/h1-4,7-10,16,21H,5-6,11-15H2,(H,26,29)(H,27,33)(H,31,32)/t16-/m1/s1. The van der Waals surface area contributed by atoms with E-state index < -0.39 is 18.0 Å². The molecular weight excluding hydrogens is 438 g/mol. The molecule has 0 spiro atoms. The summed E-state index contributed by atoms with van der Waals surface area (Å²) in [6.07, 6.45) is 0.545. The number of carbonyl (C=O) groups excluding carboxylic acids is 3. The van der Waals surface area contributed by atoms with Crippen LogP contribution >= 0.6 is 0 Å². The summed E-state index contributed by atoms with van der Waals surface area (Å²) in [7, 11) is 0. The Morgan fingerprint density at radius 1 is 0.941 bits per heavy atom. The highest BCUT2D eigenvalue weighted by Crippen LogP contribution is 2.44. The quantitative estimate of drug-likeness (QED) is 0.548. The van der Waals surface area contributed by atoms with Crippen LogP contribution in [0.2, 0.25) is 0 Å². The van der Waals surface area contributed by atoms with E-state index in [0.717, 1.165) is 28.7 Å². The van der Waals surface area contributed by atoms with Gasteiger partial charge in [-0.25, -0.2) is 4.79 Å². The summed E-state index contributed by atoms with van der Waals surface area (Å²) >= 11 is 0. The molecule has 9 nitrogen and oxygen atoms in total. The number of carbonyl (C=O) groups is 4. The summed E-state index contributed by atoms with van der Waals surface area (Å²) in [6, 6.07) is 15.7. The predicted octanol–water partition coefficient (Wildman–Crippen LogP) is 2.11. The van der Waals surface area contributed by atoms with Gasteiger partial charge in [-0.3, -0.25) is 14.4 Å². The minimum Gasteiger partial charge on any atom is -0.481 e. The van der Waals surface area contributed by atoms with E-state index >= 15 is 0 Å². The molecule has 2 aromatic rings. The number of hydrogen-bond acceptors (Lipinski definition) is 5. The summed E-state index contributed by atoms with van der Waals surface area (Å²) in [5.41, 5.74) is 4.44. The Hall–Kier alpha value is -3.88. The summed E-state index contributed by atoms with van der Waals surface area (Å²) in [4.78, 5) is 49.0. The largest absolute Gasteiger partial charge is 0.481 e. The van der Waals surface area contributed by atoms with Crippen LogP contribution in [0, 0.1) is 0 Å². The Bertz CT molecular complexity index is 1060. The number of rotatable bonds is 8. The van der Waals surface area contributed by atoms with E-state index in [1.54, 1.807) is 0 Å². The number of benzene rings is 2. The molecule has 4 rings (SSSR count). The molecule has 1 fully saturated rings. The van der Waals surface area contributed by atoms with Crippen LogP contribution in [0.5, 0.6) is 0 Å². The van der Waals surface area contributed by atoms with Crippen LogP contribution in [-0.4, -0.2) is 66.2 Å². The van der Waals surface area contributed by atoms with Gasteiger partial charge in [0.2, 0.25) is 11.8 Å². The fraction of sp³-hybridized carbons (Fsp3) is 0.360. The van der Waals surface area contributed by atoms with Crippen molar-refractivity contribution in [2.75, 3.05) is 26.2 Å². The van der Waals surface area contributed by atoms with Crippen LogP contribution in [0.25, 0.3) is 11.1 Å². The van der Waals surface area contributed by atoms with E-state index in [1.807, 2.05) is 48.5 Å². The SMILES string of the molecule is O=C(O)C[C@H]1CCCN1C(=O)CNC(=O)CNC(=O)OCC1c2ccccc2-c2ccccc21. The molecule has 0 unspecified atom stereocenters. The molecule has 0 aromatic heterocycles. The van der Waals surface area contributed by atoms with Crippen molar-refractivity contribution in [2.45, 2.75) is 31.2 Å². The number of likely N-dealkylation sites (tertiary alicyclic amines) is 1. The maximum Gasteiger partial charge on any atom is 0.407 e. The van der Waals surface area contributed by atoms with Gasteiger partial charge < -0.3 is 25.4 Å². The number of carboxylic acid groups (broad SMARTS) is 1. The van der Waals surface area contributed by atoms with Crippen molar-refractivity contribution in [1.29, 1.82) is 0 Å². The zero-order valence-corrected chi connectivity index (χ0v) is 18.7.